The second-order valence-electron chi connectivity index (χ2n) is 9.36. The molecule has 0 spiro atoms. The predicted molar refractivity (Wildman–Crippen MR) is 131 cm³/mol. The SMILES string of the molecule is CC(C)(C)CC(=O)ONC(c1cn[nH]c1)c1cccc(-c2ccc(-c3ccccc3)cc2)c1. The van der Waals surface area contributed by atoms with Crippen LogP contribution in [0.3, 0.4) is 0 Å². The molecule has 0 aliphatic rings. The van der Waals surface area contributed by atoms with Crippen LogP contribution in [-0.4, -0.2) is 16.2 Å². The van der Waals surface area contributed by atoms with E-state index in [0.29, 0.717) is 6.42 Å². The van der Waals surface area contributed by atoms with Crippen LogP contribution in [0.5, 0.6) is 0 Å². The molecule has 0 saturated heterocycles. The molecule has 4 aromatic rings. The van der Waals surface area contributed by atoms with E-state index in [4.69, 9.17) is 4.84 Å². The van der Waals surface area contributed by atoms with Crippen molar-refractivity contribution in [2.24, 2.45) is 5.41 Å². The number of hydrogen-bond donors (Lipinski definition) is 2. The van der Waals surface area contributed by atoms with Gasteiger partial charge in [-0.1, -0.05) is 93.6 Å². The zero-order valence-corrected chi connectivity index (χ0v) is 19.2. The molecule has 0 bridgehead atoms. The molecular weight excluding hydrogens is 410 g/mol. The van der Waals surface area contributed by atoms with E-state index >= 15 is 0 Å². The van der Waals surface area contributed by atoms with Crippen LogP contribution in [0.25, 0.3) is 22.3 Å². The molecule has 5 heteroatoms. The Hall–Kier alpha value is -3.70. The number of aromatic nitrogens is 2. The number of benzene rings is 3. The number of nitrogens with one attached hydrogen (secondary N) is 2. The summed E-state index contributed by atoms with van der Waals surface area (Å²) in [6.45, 7) is 6.02. The third-order valence-corrected chi connectivity index (χ3v) is 5.36. The molecule has 3 aromatic carbocycles. The van der Waals surface area contributed by atoms with Gasteiger partial charge in [0.25, 0.3) is 0 Å². The number of carbonyl (C=O) groups excluding carboxylic acids is 1. The lowest BCUT2D eigenvalue weighted by Gasteiger charge is -2.21. The fraction of sp³-hybridized carbons (Fsp3) is 0.214. The first-order chi connectivity index (χ1) is 15.9. The highest BCUT2D eigenvalue weighted by atomic mass is 16.7. The summed E-state index contributed by atoms with van der Waals surface area (Å²) in [4.78, 5) is 17.7. The zero-order valence-electron chi connectivity index (χ0n) is 19.2. The van der Waals surface area contributed by atoms with Gasteiger partial charge in [0.1, 0.15) is 0 Å². The van der Waals surface area contributed by atoms with E-state index in [9.17, 15) is 4.79 Å². The molecule has 0 aliphatic heterocycles. The maximum absolute atomic E-state index is 12.3. The molecule has 0 fully saturated rings. The molecule has 2 N–H and O–H groups in total. The molecule has 1 atom stereocenters. The first-order valence-corrected chi connectivity index (χ1v) is 11.1. The fourth-order valence-corrected chi connectivity index (χ4v) is 3.72. The Bertz CT molecular complexity index is 1180. The molecule has 0 saturated carbocycles. The summed E-state index contributed by atoms with van der Waals surface area (Å²) in [6, 6.07) is 26.8. The Morgan fingerprint density at radius 3 is 2.15 bits per heavy atom. The second kappa shape index (κ2) is 9.84. The number of rotatable bonds is 7. The first kappa shape index (κ1) is 22.5. The van der Waals surface area contributed by atoms with E-state index in [-0.39, 0.29) is 17.4 Å². The minimum Gasteiger partial charge on any atom is -0.370 e. The third-order valence-electron chi connectivity index (χ3n) is 5.36. The summed E-state index contributed by atoms with van der Waals surface area (Å²) < 4.78 is 0. The summed E-state index contributed by atoms with van der Waals surface area (Å²) in [5, 5.41) is 6.91. The van der Waals surface area contributed by atoms with Crippen molar-refractivity contribution in [1.82, 2.24) is 15.7 Å². The largest absolute Gasteiger partial charge is 0.370 e. The summed E-state index contributed by atoms with van der Waals surface area (Å²) in [7, 11) is 0. The van der Waals surface area contributed by atoms with Crippen LogP contribution < -0.4 is 5.48 Å². The highest BCUT2D eigenvalue weighted by molar-refractivity contribution is 5.71. The van der Waals surface area contributed by atoms with Gasteiger partial charge in [-0.2, -0.15) is 5.10 Å². The Morgan fingerprint density at radius 2 is 1.52 bits per heavy atom. The van der Waals surface area contributed by atoms with Gasteiger partial charge in [0.2, 0.25) is 0 Å². The minimum absolute atomic E-state index is 0.143. The Kier molecular flexibility index (Phi) is 6.71. The molecule has 4 rings (SSSR count). The number of H-pyrrole nitrogens is 1. The van der Waals surface area contributed by atoms with Crippen molar-refractivity contribution in [3.8, 4) is 22.3 Å². The van der Waals surface area contributed by atoms with Crippen LogP contribution in [0.15, 0.2) is 91.3 Å². The lowest BCUT2D eigenvalue weighted by atomic mass is 9.93. The van der Waals surface area contributed by atoms with Gasteiger partial charge in [-0.3, -0.25) is 9.89 Å². The topological polar surface area (TPSA) is 67.0 Å². The zero-order chi connectivity index (χ0) is 23.3. The molecule has 1 unspecified atom stereocenters. The van der Waals surface area contributed by atoms with Gasteiger partial charge in [-0.15, -0.1) is 5.48 Å². The van der Waals surface area contributed by atoms with Crippen molar-refractivity contribution < 1.29 is 9.63 Å². The summed E-state index contributed by atoms with van der Waals surface area (Å²) in [5.74, 6) is -0.288. The molecule has 0 amide bonds. The normalized spacial score (nSPS) is 12.3. The van der Waals surface area contributed by atoms with Gasteiger partial charge in [0.15, 0.2) is 0 Å². The van der Waals surface area contributed by atoms with Gasteiger partial charge in [0, 0.05) is 11.8 Å². The number of hydrogen-bond acceptors (Lipinski definition) is 4. The summed E-state index contributed by atoms with van der Waals surface area (Å²) >= 11 is 0. The summed E-state index contributed by atoms with van der Waals surface area (Å²) in [5.41, 5.74) is 9.26. The van der Waals surface area contributed by atoms with Crippen LogP contribution >= 0.6 is 0 Å². The minimum atomic E-state index is -0.337. The van der Waals surface area contributed by atoms with Crippen LogP contribution in [0.4, 0.5) is 0 Å². The highest BCUT2D eigenvalue weighted by Crippen LogP contribution is 2.29. The molecule has 1 heterocycles. The van der Waals surface area contributed by atoms with Gasteiger partial charge in [-0.05, 0) is 39.3 Å². The fourth-order valence-electron chi connectivity index (χ4n) is 3.72. The molecule has 0 aliphatic carbocycles. The molecule has 168 valence electrons. The standard InChI is InChI=1S/C28H29N3O2/c1-28(2,3)17-26(32)33-31-27(25-18-29-30-19-25)24-11-7-10-23(16-24)22-14-12-21(13-15-22)20-8-5-4-6-9-20/h4-16,18-19,27,31H,17H2,1-3H3,(H,29,30). The highest BCUT2D eigenvalue weighted by Gasteiger charge is 2.21. The lowest BCUT2D eigenvalue weighted by molar-refractivity contribution is -0.154. The van der Waals surface area contributed by atoms with Crippen molar-refractivity contribution in [1.29, 1.82) is 0 Å². The number of carbonyl (C=O) groups is 1. The van der Waals surface area contributed by atoms with Crippen molar-refractivity contribution in [2.75, 3.05) is 0 Å². The maximum Gasteiger partial charge on any atom is 0.325 e. The van der Waals surface area contributed by atoms with Gasteiger partial charge >= 0.3 is 5.97 Å². The third kappa shape index (κ3) is 5.96. The molecule has 1 aromatic heterocycles. The number of hydroxylamine groups is 1. The average Bonchev–Trinajstić information content (AvgIpc) is 3.34. The van der Waals surface area contributed by atoms with Gasteiger partial charge in [0.05, 0.1) is 18.7 Å². The van der Waals surface area contributed by atoms with E-state index in [1.54, 1.807) is 12.4 Å². The van der Waals surface area contributed by atoms with E-state index in [1.165, 1.54) is 11.1 Å². The van der Waals surface area contributed by atoms with E-state index in [1.807, 2.05) is 51.1 Å². The molecule has 0 radical (unpaired) electrons. The van der Waals surface area contributed by atoms with Crippen LogP contribution in [0.2, 0.25) is 0 Å². The van der Waals surface area contributed by atoms with Crippen molar-refractivity contribution in [2.45, 2.75) is 33.2 Å². The Morgan fingerprint density at radius 1 is 0.879 bits per heavy atom. The first-order valence-electron chi connectivity index (χ1n) is 11.1. The average molecular weight is 440 g/mol. The second-order valence-corrected chi connectivity index (χ2v) is 9.36. The van der Waals surface area contributed by atoms with Gasteiger partial charge < -0.3 is 4.84 Å². The Balaban J connectivity index is 1.56. The number of nitrogens with zero attached hydrogens (tertiary/aromatic N) is 1. The smallest absolute Gasteiger partial charge is 0.325 e. The van der Waals surface area contributed by atoms with Crippen molar-refractivity contribution in [3.05, 3.63) is 102 Å². The summed E-state index contributed by atoms with van der Waals surface area (Å²) in [6.07, 6.45) is 3.86. The van der Waals surface area contributed by atoms with Crippen LogP contribution in [-0.2, 0) is 9.63 Å². The van der Waals surface area contributed by atoms with Crippen molar-refractivity contribution in [3.63, 3.8) is 0 Å². The number of aromatic amines is 1. The van der Waals surface area contributed by atoms with Crippen molar-refractivity contribution >= 4 is 5.97 Å². The van der Waals surface area contributed by atoms with E-state index in [2.05, 4.69) is 64.2 Å². The lowest BCUT2D eigenvalue weighted by Crippen LogP contribution is -2.28. The quantitative estimate of drug-likeness (QED) is 0.331. The molecule has 5 nitrogen and oxygen atoms in total. The molecular formula is C28H29N3O2. The van der Waals surface area contributed by atoms with E-state index < -0.39 is 0 Å². The van der Waals surface area contributed by atoms with Gasteiger partial charge in [-0.25, -0.2) is 0 Å². The van der Waals surface area contributed by atoms with Crippen LogP contribution in [0, 0.1) is 5.41 Å². The monoisotopic (exact) mass is 439 g/mol. The maximum atomic E-state index is 12.3. The predicted octanol–water partition coefficient (Wildman–Crippen LogP) is 6.32. The molecule has 33 heavy (non-hydrogen) atoms. The van der Waals surface area contributed by atoms with E-state index in [0.717, 1.165) is 22.3 Å². The van der Waals surface area contributed by atoms with Crippen LogP contribution in [0.1, 0.15) is 44.4 Å². The Labute approximate surface area is 194 Å².